The van der Waals surface area contributed by atoms with Crippen LogP contribution in [0.3, 0.4) is 0 Å². The van der Waals surface area contributed by atoms with Crippen LogP contribution in [0.2, 0.25) is 0 Å². The van der Waals surface area contributed by atoms with Gasteiger partial charge in [-0.25, -0.2) is 0 Å². The zero-order valence-electron chi connectivity index (χ0n) is 12.9. The molecule has 0 saturated carbocycles. The maximum Gasteiger partial charge on any atom is 0.257 e. The quantitative estimate of drug-likeness (QED) is 0.590. The molecule has 1 amide bonds. The molecule has 0 aliphatic heterocycles. The molecule has 5 heteroatoms. The number of amides is 1. The molecule has 0 aromatic heterocycles. The Bertz CT molecular complexity index is 533. The molecule has 0 bridgehead atoms. The third kappa shape index (κ3) is 5.69. The summed E-state index contributed by atoms with van der Waals surface area (Å²) in [5.74, 6) is 0.416. The molecule has 0 saturated heterocycles. The standard InChI is InChI=1S/C17H22N2O2S/c1-4-10-19(11-5-2)17(22)18-16(20)14-8-7-9-15(13-14)21-12-6-3/h4-5,7-9,13H,1-2,6,10-12H2,3H3,(H,18,20,22). The van der Waals surface area contributed by atoms with Gasteiger partial charge in [0.15, 0.2) is 5.11 Å². The first-order valence-electron chi connectivity index (χ1n) is 7.17. The molecule has 22 heavy (non-hydrogen) atoms. The van der Waals surface area contributed by atoms with E-state index in [0.717, 1.165) is 6.42 Å². The maximum atomic E-state index is 12.3. The lowest BCUT2D eigenvalue weighted by Gasteiger charge is -2.22. The smallest absolute Gasteiger partial charge is 0.257 e. The molecule has 0 fully saturated rings. The first-order chi connectivity index (χ1) is 10.6. The number of benzene rings is 1. The van der Waals surface area contributed by atoms with Gasteiger partial charge in [-0.15, -0.1) is 13.2 Å². The predicted octanol–water partition coefficient (Wildman–Crippen LogP) is 3.16. The van der Waals surface area contributed by atoms with Crippen molar-refractivity contribution in [1.82, 2.24) is 10.2 Å². The number of nitrogens with one attached hydrogen (secondary N) is 1. The fourth-order valence-corrected chi connectivity index (χ4v) is 1.99. The Morgan fingerprint density at radius 1 is 1.36 bits per heavy atom. The normalized spacial score (nSPS) is 9.68. The lowest BCUT2D eigenvalue weighted by Crippen LogP contribution is -2.42. The Hall–Kier alpha value is -2.14. The summed E-state index contributed by atoms with van der Waals surface area (Å²) in [7, 11) is 0. The van der Waals surface area contributed by atoms with Crippen molar-refractivity contribution < 1.29 is 9.53 Å². The van der Waals surface area contributed by atoms with Crippen molar-refractivity contribution >= 4 is 23.2 Å². The average Bonchev–Trinajstić information content (AvgIpc) is 2.52. The fraction of sp³-hybridized carbons (Fsp3) is 0.294. The van der Waals surface area contributed by atoms with Gasteiger partial charge >= 0.3 is 0 Å². The van der Waals surface area contributed by atoms with Crippen molar-refractivity contribution in [3.8, 4) is 5.75 Å². The van der Waals surface area contributed by atoms with Gasteiger partial charge in [0.1, 0.15) is 5.75 Å². The van der Waals surface area contributed by atoms with Crippen LogP contribution in [0.5, 0.6) is 5.75 Å². The number of hydrogen-bond donors (Lipinski definition) is 1. The van der Waals surface area contributed by atoms with E-state index in [9.17, 15) is 4.79 Å². The summed E-state index contributed by atoms with van der Waals surface area (Å²) >= 11 is 5.25. The molecular formula is C17H22N2O2S. The number of nitrogens with zero attached hydrogens (tertiary/aromatic N) is 1. The second-order valence-electron chi connectivity index (χ2n) is 4.62. The summed E-state index contributed by atoms with van der Waals surface area (Å²) in [6, 6.07) is 7.04. The summed E-state index contributed by atoms with van der Waals surface area (Å²) in [6.45, 7) is 11.1. The second kappa shape index (κ2) is 9.73. The highest BCUT2D eigenvalue weighted by atomic mass is 32.1. The van der Waals surface area contributed by atoms with Crippen LogP contribution in [-0.2, 0) is 0 Å². The average molecular weight is 318 g/mol. The van der Waals surface area contributed by atoms with E-state index >= 15 is 0 Å². The molecule has 0 aliphatic rings. The van der Waals surface area contributed by atoms with E-state index in [2.05, 4.69) is 18.5 Å². The first-order valence-corrected chi connectivity index (χ1v) is 7.58. The number of rotatable bonds is 8. The highest BCUT2D eigenvalue weighted by Gasteiger charge is 2.12. The zero-order chi connectivity index (χ0) is 16.4. The fourth-order valence-electron chi connectivity index (χ4n) is 1.75. The predicted molar refractivity (Wildman–Crippen MR) is 94.3 cm³/mol. The summed E-state index contributed by atoms with van der Waals surface area (Å²) in [4.78, 5) is 14.1. The molecule has 1 aromatic rings. The summed E-state index contributed by atoms with van der Waals surface area (Å²) in [6.07, 6.45) is 4.36. The van der Waals surface area contributed by atoms with Crippen molar-refractivity contribution in [3.63, 3.8) is 0 Å². The third-order valence-electron chi connectivity index (χ3n) is 2.78. The number of thiocarbonyl (C=S) groups is 1. The molecule has 0 radical (unpaired) electrons. The first kappa shape index (κ1) is 17.9. The van der Waals surface area contributed by atoms with Gasteiger partial charge in [0.25, 0.3) is 5.91 Å². The summed E-state index contributed by atoms with van der Waals surface area (Å²) in [5.41, 5.74) is 0.508. The monoisotopic (exact) mass is 318 g/mol. The van der Waals surface area contributed by atoms with Crippen LogP contribution in [0.4, 0.5) is 0 Å². The van der Waals surface area contributed by atoms with Crippen LogP contribution in [-0.4, -0.2) is 35.6 Å². The molecule has 0 heterocycles. The van der Waals surface area contributed by atoms with Crippen molar-refractivity contribution in [2.24, 2.45) is 0 Å². The lowest BCUT2D eigenvalue weighted by molar-refractivity contribution is 0.0973. The van der Waals surface area contributed by atoms with Crippen molar-refractivity contribution in [2.45, 2.75) is 13.3 Å². The molecule has 1 N–H and O–H groups in total. The zero-order valence-corrected chi connectivity index (χ0v) is 13.7. The number of ether oxygens (including phenoxy) is 1. The Morgan fingerprint density at radius 3 is 2.64 bits per heavy atom. The van der Waals surface area contributed by atoms with Crippen molar-refractivity contribution in [1.29, 1.82) is 0 Å². The minimum atomic E-state index is -0.259. The van der Waals surface area contributed by atoms with Gasteiger partial charge in [0, 0.05) is 18.7 Å². The molecule has 1 aromatic carbocycles. The Labute approximate surface area is 137 Å². The topological polar surface area (TPSA) is 41.6 Å². The van der Waals surface area contributed by atoms with Crippen LogP contribution in [0.15, 0.2) is 49.6 Å². The second-order valence-corrected chi connectivity index (χ2v) is 5.00. The highest BCUT2D eigenvalue weighted by Crippen LogP contribution is 2.13. The Kier molecular flexibility index (Phi) is 7.92. The van der Waals surface area contributed by atoms with E-state index in [1.54, 1.807) is 35.3 Å². The van der Waals surface area contributed by atoms with Gasteiger partial charge in [0.2, 0.25) is 0 Å². The van der Waals surface area contributed by atoms with Gasteiger partial charge in [-0.05, 0) is 36.8 Å². The molecule has 0 atom stereocenters. The van der Waals surface area contributed by atoms with Crippen LogP contribution in [0, 0.1) is 0 Å². The van der Waals surface area contributed by atoms with Gasteiger partial charge in [-0.1, -0.05) is 25.1 Å². The van der Waals surface area contributed by atoms with Crippen LogP contribution < -0.4 is 10.1 Å². The molecular weight excluding hydrogens is 296 g/mol. The largest absolute Gasteiger partial charge is 0.494 e. The maximum absolute atomic E-state index is 12.3. The molecule has 118 valence electrons. The number of carbonyl (C=O) groups excluding carboxylic acids is 1. The summed E-state index contributed by atoms with van der Waals surface area (Å²) in [5, 5.41) is 3.07. The van der Waals surface area contributed by atoms with Crippen molar-refractivity contribution in [3.05, 3.63) is 55.1 Å². The van der Waals surface area contributed by atoms with Gasteiger partial charge in [-0.3, -0.25) is 10.1 Å². The van der Waals surface area contributed by atoms with E-state index in [0.29, 0.717) is 36.1 Å². The van der Waals surface area contributed by atoms with Crippen LogP contribution >= 0.6 is 12.2 Å². The van der Waals surface area contributed by atoms with E-state index < -0.39 is 0 Å². The van der Waals surface area contributed by atoms with Gasteiger partial charge in [-0.2, -0.15) is 0 Å². The summed E-state index contributed by atoms with van der Waals surface area (Å²) < 4.78 is 5.53. The molecule has 0 spiro atoms. The van der Waals surface area contributed by atoms with Crippen LogP contribution in [0.1, 0.15) is 23.7 Å². The molecule has 0 unspecified atom stereocenters. The van der Waals surface area contributed by atoms with E-state index in [4.69, 9.17) is 17.0 Å². The number of carbonyl (C=O) groups is 1. The van der Waals surface area contributed by atoms with Crippen LogP contribution in [0.25, 0.3) is 0 Å². The third-order valence-corrected chi connectivity index (χ3v) is 3.14. The molecule has 1 rings (SSSR count). The van der Waals surface area contributed by atoms with Crippen molar-refractivity contribution in [2.75, 3.05) is 19.7 Å². The highest BCUT2D eigenvalue weighted by molar-refractivity contribution is 7.80. The van der Waals surface area contributed by atoms with E-state index in [-0.39, 0.29) is 5.91 Å². The number of hydrogen-bond acceptors (Lipinski definition) is 3. The molecule has 0 aliphatic carbocycles. The Morgan fingerprint density at radius 2 is 2.05 bits per heavy atom. The minimum absolute atomic E-state index is 0.259. The Balaban J connectivity index is 2.72. The lowest BCUT2D eigenvalue weighted by atomic mass is 10.2. The van der Waals surface area contributed by atoms with Gasteiger partial charge in [0.05, 0.1) is 6.61 Å². The van der Waals surface area contributed by atoms with Gasteiger partial charge < -0.3 is 9.64 Å². The van der Waals surface area contributed by atoms with E-state index in [1.807, 2.05) is 13.0 Å². The SMILES string of the molecule is C=CCN(CC=C)C(=S)NC(=O)c1cccc(OCCC)c1. The molecule has 4 nitrogen and oxygen atoms in total. The van der Waals surface area contributed by atoms with E-state index in [1.165, 1.54) is 0 Å². The minimum Gasteiger partial charge on any atom is -0.494 e.